The van der Waals surface area contributed by atoms with E-state index in [0.717, 1.165) is 29.9 Å². The highest BCUT2D eigenvalue weighted by Crippen LogP contribution is 2.33. The number of alkyl halides is 3. The highest BCUT2D eigenvalue weighted by atomic mass is 19.4. The van der Waals surface area contributed by atoms with Gasteiger partial charge >= 0.3 is 6.18 Å². The van der Waals surface area contributed by atoms with Gasteiger partial charge in [0.15, 0.2) is 0 Å². The van der Waals surface area contributed by atoms with Crippen molar-refractivity contribution in [2.45, 2.75) is 38.4 Å². The van der Waals surface area contributed by atoms with Crippen LogP contribution in [0.1, 0.15) is 42.7 Å². The number of ether oxygens (including phenoxy) is 1. The lowest BCUT2D eigenvalue weighted by atomic mass is 10.1. The van der Waals surface area contributed by atoms with Crippen molar-refractivity contribution in [3.05, 3.63) is 65.5 Å². The van der Waals surface area contributed by atoms with Crippen LogP contribution in [0, 0.1) is 0 Å². The number of benzene rings is 2. The molecule has 0 saturated carbocycles. The zero-order valence-corrected chi connectivity index (χ0v) is 17.4. The molecular weight excluding hydrogens is 423 g/mol. The molecule has 4 rings (SSSR count). The van der Waals surface area contributed by atoms with E-state index in [9.17, 15) is 18.0 Å². The zero-order valence-electron chi connectivity index (χ0n) is 17.4. The summed E-state index contributed by atoms with van der Waals surface area (Å²) < 4.78 is 49.7. The van der Waals surface area contributed by atoms with Crippen LogP contribution >= 0.6 is 0 Å². The molecule has 0 N–H and O–H groups in total. The maximum Gasteiger partial charge on any atom is 0.416 e. The van der Waals surface area contributed by atoms with Gasteiger partial charge in [-0.05, 0) is 36.2 Å². The van der Waals surface area contributed by atoms with Gasteiger partial charge in [0, 0.05) is 25.1 Å². The molecule has 168 valence electrons. The first-order valence-electron chi connectivity index (χ1n) is 10.3. The predicted octanol–water partition coefficient (Wildman–Crippen LogP) is 5.06. The third-order valence-electron chi connectivity index (χ3n) is 5.22. The number of amides is 1. The van der Waals surface area contributed by atoms with Crippen LogP contribution in [0.25, 0.3) is 11.4 Å². The minimum Gasteiger partial charge on any atom is -0.494 e. The van der Waals surface area contributed by atoms with E-state index in [0.29, 0.717) is 19.7 Å². The van der Waals surface area contributed by atoms with Crippen LogP contribution in [0.5, 0.6) is 5.75 Å². The van der Waals surface area contributed by atoms with Crippen molar-refractivity contribution in [2.24, 2.45) is 0 Å². The molecule has 9 heteroatoms. The van der Waals surface area contributed by atoms with Gasteiger partial charge in [-0.15, -0.1) is 0 Å². The highest BCUT2D eigenvalue weighted by molar-refractivity contribution is 5.79. The molecule has 1 saturated heterocycles. The molecule has 0 spiro atoms. The standard InChI is InChI=1S/C23H22F3N3O3/c1-2-10-31-19-8-6-15(7-9-19)13-29-14-17(12-20(29)30)22-27-21(28-32-22)16-4-3-5-18(11-16)23(24,25)26/h3-9,11,17H,2,10,12-14H2,1H3. The maximum atomic E-state index is 13.0. The van der Waals surface area contributed by atoms with E-state index in [1.807, 2.05) is 31.2 Å². The van der Waals surface area contributed by atoms with Gasteiger partial charge in [0.05, 0.1) is 18.1 Å². The molecule has 0 aliphatic carbocycles. The molecule has 1 aliphatic heterocycles. The summed E-state index contributed by atoms with van der Waals surface area (Å²) in [7, 11) is 0. The van der Waals surface area contributed by atoms with Gasteiger partial charge in [-0.1, -0.05) is 36.3 Å². The quantitative estimate of drug-likeness (QED) is 0.509. The Kier molecular flexibility index (Phi) is 6.16. The second-order valence-electron chi connectivity index (χ2n) is 7.70. The van der Waals surface area contributed by atoms with Crippen molar-refractivity contribution in [3.8, 4) is 17.1 Å². The Labute approximate surface area is 183 Å². The fourth-order valence-corrected chi connectivity index (χ4v) is 3.57. The fourth-order valence-electron chi connectivity index (χ4n) is 3.57. The molecule has 1 atom stereocenters. The van der Waals surface area contributed by atoms with E-state index >= 15 is 0 Å². The first kappa shape index (κ1) is 21.9. The molecule has 1 fully saturated rings. The summed E-state index contributed by atoms with van der Waals surface area (Å²) in [6.45, 7) is 3.53. The van der Waals surface area contributed by atoms with Crippen LogP contribution in [-0.2, 0) is 17.5 Å². The number of likely N-dealkylation sites (tertiary alicyclic amines) is 1. The summed E-state index contributed by atoms with van der Waals surface area (Å²) in [4.78, 5) is 18.5. The van der Waals surface area contributed by atoms with E-state index in [2.05, 4.69) is 10.1 Å². The van der Waals surface area contributed by atoms with Gasteiger partial charge in [-0.25, -0.2) is 0 Å². The molecule has 0 radical (unpaired) electrons. The van der Waals surface area contributed by atoms with Crippen LogP contribution in [0.2, 0.25) is 0 Å². The Morgan fingerprint density at radius 1 is 1.19 bits per heavy atom. The average molecular weight is 445 g/mol. The van der Waals surface area contributed by atoms with E-state index < -0.39 is 11.7 Å². The molecule has 6 nitrogen and oxygen atoms in total. The third-order valence-corrected chi connectivity index (χ3v) is 5.22. The number of hydrogen-bond acceptors (Lipinski definition) is 5. The summed E-state index contributed by atoms with van der Waals surface area (Å²) in [6.07, 6.45) is -3.32. The molecule has 0 bridgehead atoms. The maximum absolute atomic E-state index is 13.0. The Hall–Kier alpha value is -3.36. The van der Waals surface area contributed by atoms with Gasteiger partial charge in [-0.2, -0.15) is 18.2 Å². The van der Waals surface area contributed by atoms with Crippen molar-refractivity contribution >= 4 is 5.91 Å². The Balaban J connectivity index is 1.42. The minimum absolute atomic E-state index is 0.0415. The average Bonchev–Trinajstić information content (AvgIpc) is 3.40. The van der Waals surface area contributed by atoms with Crippen molar-refractivity contribution in [1.82, 2.24) is 15.0 Å². The topological polar surface area (TPSA) is 68.5 Å². The fraction of sp³-hybridized carbons (Fsp3) is 0.348. The molecule has 1 aromatic heterocycles. The largest absolute Gasteiger partial charge is 0.494 e. The number of hydrogen-bond donors (Lipinski definition) is 0. The van der Waals surface area contributed by atoms with Gasteiger partial charge in [0.25, 0.3) is 0 Å². The molecule has 1 aliphatic rings. The lowest BCUT2D eigenvalue weighted by molar-refractivity contribution is -0.137. The second kappa shape index (κ2) is 9.02. The summed E-state index contributed by atoms with van der Waals surface area (Å²) >= 11 is 0. The summed E-state index contributed by atoms with van der Waals surface area (Å²) in [5.41, 5.74) is 0.397. The lowest BCUT2D eigenvalue weighted by Crippen LogP contribution is -2.24. The van der Waals surface area contributed by atoms with E-state index in [4.69, 9.17) is 9.26 Å². The molecule has 2 heterocycles. The van der Waals surface area contributed by atoms with Gasteiger partial charge in [0.1, 0.15) is 5.75 Å². The zero-order chi connectivity index (χ0) is 22.7. The highest BCUT2D eigenvalue weighted by Gasteiger charge is 2.35. The van der Waals surface area contributed by atoms with Crippen LogP contribution in [0.3, 0.4) is 0 Å². The predicted molar refractivity (Wildman–Crippen MR) is 110 cm³/mol. The van der Waals surface area contributed by atoms with Gasteiger partial charge in [-0.3, -0.25) is 4.79 Å². The van der Waals surface area contributed by atoms with Crippen LogP contribution < -0.4 is 4.74 Å². The molecule has 1 unspecified atom stereocenters. The smallest absolute Gasteiger partial charge is 0.416 e. The first-order valence-corrected chi connectivity index (χ1v) is 10.3. The normalized spacial score (nSPS) is 16.6. The number of aromatic nitrogens is 2. The molecule has 1 amide bonds. The Morgan fingerprint density at radius 3 is 2.69 bits per heavy atom. The van der Waals surface area contributed by atoms with E-state index in [1.54, 1.807) is 4.90 Å². The number of halogens is 3. The molecular formula is C23H22F3N3O3. The van der Waals surface area contributed by atoms with Crippen LogP contribution in [0.15, 0.2) is 53.1 Å². The SMILES string of the molecule is CCCOc1ccc(CN2CC(c3nc(-c4cccc(C(F)(F)F)c4)no3)CC2=O)cc1. The van der Waals surface area contributed by atoms with Crippen LogP contribution in [0.4, 0.5) is 13.2 Å². The van der Waals surface area contributed by atoms with Crippen LogP contribution in [-0.4, -0.2) is 34.1 Å². The third kappa shape index (κ3) is 4.92. The van der Waals surface area contributed by atoms with E-state index in [-0.39, 0.29) is 35.5 Å². The van der Waals surface area contributed by atoms with Crippen molar-refractivity contribution in [1.29, 1.82) is 0 Å². The van der Waals surface area contributed by atoms with Gasteiger partial charge in [0.2, 0.25) is 17.6 Å². The second-order valence-corrected chi connectivity index (χ2v) is 7.70. The summed E-state index contributed by atoms with van der Waals surface area (Å²) in [6, 6.07) is 12.4. The number of carbonyl (C=O) groups is 1. The molecule has 3 aromatic rings. The van der Waals surface area contributed by atoms with Crippen molar-refractivity contribution in [3.63, 3.8) is 0 Å². The number of carbonyl (C=O) groups excluding carboxylic acids is 1. The summed E-state index contributed by atoms with van der Waals surface area (Å²) in [5.74, 6) is 0.757. The Morgan fingerprint density at radius 2 is 1.97 bits per heavy atom. The lowest BCUT2D eigenvalue weighted by Gasteiger charge is -2.16. The monoisotopic (exact) mass is 445 g/mol. The van der Waals surface area contributed by atoms with E-state index in [1.165, 1.54) is 12.1 Å². The molecule has 32 heavy (non-hydrogen) atoms. The summed E-state index contributed by atoms with van der Waals surface area (Å²) in [5, 5.41) is 3.83. The first-order chi connectivity index (χ1) is 15.3. The Bertz CT molecular complexity index is 1080. The van der Waals surface area contributed by atoms with Gasteiger partial charge < -0.3 is 14.2 Å². The number of nitrogens with zero attached hydrogens (tertiary/aromatic N) is 3. The minimum atomic E-state index is -4.46. The van der Waals surface area contributed by atoms with Crippen molar-refractivity contribution < 1.29 is 27.2 Å². The van der Waals surface area contributed by atoms with Crippen molar-refractivity contribution in [2.75, 3.05) is 13.2 Å². The number of rotatable bonds is 7. The molecule has 2 aromatic carbocycles.